The summed E-state index contributed by atoms with van der Waals surface area (Å²) in [4.78, 5) is 0. The molecule has 0 unspecified atom stereocenters. The van der Waals surface area contributed by atoms with Crippen molar-refractivity contribution in [3.8, 4) is 16.8 Å². The summed E-state index contributed by atoms with van der Waals surface area (Å²) in [5.41, 5.74) is 6.74. The molecule has 27 heavy (non-hydrogen) atoms. The number of rotatable bonds is 3. The van der Waals surface area contributed by atoms with Gasteiger partial charge in [-0.25, -0.2) is 0 Å². The van der Waals surface area contributed by atoms with E-state index in [4.69, 9.17) is 5.41 Å². The molecule has 4 aromatic carbocycles. The molecule has 1 aromatic heterocycles. The summed E-state index contributed by atoms with van der Waals surface area (Å²) >= 11 is 0. The SMILES string of the molecule is N=Cc1cccc(-c2ccccc2-n2c3ccccc3c3ccccc32)c1. The molecule has 5 aromatic rings. The monoisotopic (exact) mass is 346 g/mol. The van der Waals surface area contributed by atoms with Crippen molar-refractivity contribution in [2.45, 2.75) is 0 Å². The van der Waals surface area contributed by atoms with E-state index in [0.29, 0.717) is 0 Å². The van der Waals surface area contributed by atoms with E-state index in [1.165, 1.54) is 28.0 Å². The Hall–Kier alpha value is -3.65. The molecular weight excluding hydrogens is 328 g/mol. The summed E-state index contributed by atoms with van der Waals surface area (Å²) in [6, 6.07) is 33.7. The van der Waals surface area contributed by atoms with E-state index >= 15 is 0 Å². The van der Waals surface area contributed by atoms with Crippen molar-refractivity contribution in [1.82, 2.24) is 4.57 Å². The molecule has 1 N–H and O–H groups in total. The summed E-state index contributed by atoms with van der Waals surface area (Å²) in [6.45, 7) is 0. The molecule has 0 aliphatic carbocycles. The molecule has 1 heterocycles. The fraction of sp³-hybridized carbons (Fsp3) is 0. The number of nitrogens with one attached hydrogen (secondary N) is 1. The van der Waals surface area contributed by atoms with Gasteiger partial charge < -0.3 is 9.98 Å². The third kappa shape index (κ3) is 2.46. The Morgan fingerprint density at radius 2 is 1.26 bits per heavy atom. The second kappa shape index (κ2) is 6.26. The Kier molecular flexibility index (Phi) is 3.61. The van der Waals surface area contributed by atoms with Gasteiger partial charge in [0.15, 0.2) is 0 Å². The molecule has 0 bridgehead atoms. The van der Waals surface area contributed by atoms with Crippen LogP contribution in [-0.4, -0.2) is 10.8 Å². The van der Waals surface area contributed by atoms with Gasteiger partial charge in [0.25, 0.3) is 0 Å². The molecule has 2 heteroatoms. The molecule has 0 atom stereocenters. The quantitative estimate of drug-likeness (QED) is 0.364. The maximum Gasteiger partial charge on any atom is 0.0541 e. The Bertz CT molecular complexity index is 1240. The van der Waals surface area contributed by atoms with Gasteiger partial charge in [-0.05, 0) is 35.4 Å². The zero-order chi connectivity index (χ0) is 18.2. The molecule has 0 saturated carbocycles. The fourth-order valence-corrected chi connectivity index (χ4v) is 3.89. The first-order chi connectivity index (χ1) is 13.4. The molecule has 0 fully saturated rings. The van der Waals surface area contributed by atoms with E-state index in [0.717, 1.165) is 22.4 Å². The van der Waals surface area contributed by atoms with Gasteiger partial charge in [0.05, 0.1) is 16.7 Å². The summed E-state index contributed by atoms with van der Waals surface area (Å²) in [5, 5.41) is 10.1. The minimum atomic E-state index is 0.907. The van der Waals surface area contributed by atoms with Gasteiger partial charge in [-0.15, -0.1) is 0 Å². The summed E-state index contributed by atoms with van der Waals surface area (Å²) < 4.78 is 2.34. The number of hydrogen-bond donors (Lipinski definition) is 1. The highest BCUT2D eigenvalue weighted by Crippen LogP contribution is 2.35. The van der Waals surface area contributed by atoms with Gasteiger partial charge in [0, 0.05) is 22.6 Å². The van der Waals surface area contributed by atoms with Crippen LogP contribution in [0.4, 0.5) is 0 Å². The minimum absolute atomic E-state index is 0.907. The van der Waals surface area contributed by atoms with Crippen LogP contribution in [0, 0.1) is 5.41 Å². The molecule has 0 aliphatic rings. The molecule has 0 saturated heterocycles. The maximum atomic E-state index is 7.58. The average Bonchev–Trinajstić information content (AvgIpc) is 3.08. The molecule has 0 aliphatic heterocycles. The van der Waals surface area contributed by atoms with Crippen LogP contribution in [0.1, 0.15) is 5.56 Å². The zero-order valence-corrected chi connectivity index (χ0v) is 14.8. The molecular formula is C25H18N2. The number of aromatic nitrogens is 1. The fourth-order valence-electron chi connectivity index (χ4n) is 3.89. The highest BCUT2D eigenvalue weighted by Gasteiger charge is 2.14. The van der Waals surface area contributed by atoms with Crippen LogP contribution in [0.25, 0.3) is 38.6 Å². The predicted octanol–water partition coefficient (Wildman–Crippen LogP) is 6.45. The van der Waals surface area contributed by atoms with E-state index < -0.39 is 0 Å². The van der Waals surface area contributed by atoms with Crippen LogP contribution in [0.5, 0.6) is 0 Å². The van der Waals surface area contributed by atoms with Crippen molar-refractivity contribution in [1.29, 1.82) is 5.41 Å². The average molecular weight is 346 g/mol. The summed E-state index contributed by atoms with van der Waals surface area (Å²) in [7, 11) is 0. The zero-order valence-electron chi connectivity index (χ0n) is 14.8. The van der Waals surface area contributed by atoms with Gasteiger partial charge >= 0.3 is 0 Å². The second-order valence-corrected chi connectivity index (χ2v) is 6.66. The highest BCUT2D eigenvalue weighted by atomic mass is 15.0. The van der Waals surface area contributed by atoms with Crippen LogP contribution in [0.2, 0.25) is 0 Å². The number of benzene rings is 4. The van der Waals surface area contributed by atoms with Crippen molar-refractivity contribution in [2.75, 3.05) is 0 Å². The lowest BCUT2D eigenvalue weighted by Crippen LogP contribution is -1.97. The lowest BCUT2D eigenvalue weighted by Gasteiger charge is -2.14. The molecule has 0 radical (unpaired) electrons. The Labute approximate surface area is 157 Å². The first-order valence-corrected chi connectivity index (χ1v) is 9.05. The van der Waals surface area contributed by atoms with E-state index in [-0.39, 0.29) is 0 Å². The van der Waals surface area contributed by atoms with E-state index in [1.54, 1.807) is 0 Å². The number of fused-ring (bicyclic) bond motifs is 3. The van der Waals surface area contributed by atoms with Gasteiger partial charge in [-0.1, -0.05) is 72.8 Å². The first-order valence-electron chi connectivity index (χ1n) is 9.05. The lowest BCUT2D eigenvalue weighted by molar-refractivity contribution is 1.18. The first kappa shape index (κ1) is 15.6. The van der Waals surface area contributed by atoms with Gasteiger partial charge in [0.1, 0.15) is 0 Å². The van der Waals surface area contributed by atoms with Crippen LogP contribution in [-0.2, 0) is 0 Å². The molecule has 0 spiro atoms. The van der Waals surface area contributed by atoms with E-state index in [2.05, 4.69) is 89.5 Å². The number of hydrogen-bond acceptors (Lipinski definition) is 1. The maximum absolute atomic E-state index is 7.58. The van der Waals surface area contributed by atoms with Crippen molar-refractivity contribution in [3.63, 3.8) is 0 Å². The number of para-hydroxylation sites is 3. The van der Waals surface area contributed by atoms with Crippen LogP contribution < -0.4 is 0 Å². The van der Waals surface area contributed by atoms with Crippen LogP contribution >= 0.6 is 0 Å². The van der Waals surface area contributed by atoms with Crippen molar-refractivity contribution in [2.24, 2.45) is 0 Å². The molecule has 2 nitrogen and oxygen atoms in total. The van der Waals surface area contributed by atoms with Gasteiger partial charge in [0.2, 0.25) is 0 Å². The predicted molar refractivity (Wildman–Crippen MR) is 114 cm³/mol. The number of nitrogens with zero attached hydrogens (tertiary/aromatic N) is 1. The highest BCUT2D eigenvalue weighted by molar-refractivity contribution is 6.09. The lowest BCUT2D eigenvalue weighted by atomic mass is 10.0. The van der Waals surface area contributed by atoms with Crippen molar-refractivity contribution in [3.05, 3.63) is 103 Å². The topological polar surface area (TPSA) is 28.8 Å². The molecule has 0 amide bonds. The molecule has 5 rings (SSSR count). The second-order valence-electron chi connectivity index (χ2n) is 6.66. The summed E-state index contributed by atoms with van der Waals surface area (Å²) in [6.07, 6.45) is 1.40. The van der Waals surface area contributed by atoms with E-state index in [1.807, 2.05) is 12.1 Å². The van der Waals surface area contributed by atoms with Crippen molar-refractivity contribution < 1.29 is 0 Å². The smallest absolute Gasteiger partial charge is 0.0541 e. The summed E-state index contributed by atoms with van der Waals surface area (Å²) in [5.74, 6) is 0. The Balaban J connectivity index is 1.88. The molecule has 128 valence electrons. The minimum Gasteiger partial charge on any atom is -0.309 e. The van der Waals surface area contributed by atoms with E-state index in [9.17, 15) is 0 Å². The Morgan fingerprint density at radius 3 is 1.96 bits per heavy atom. The van der Waals surface area contributed by atoms with Crippen LogP contribution in [0.3, 0.4) is 0 Å². The standard InChI is InChI=1S/C25H18N2/c26-17-18-8-7-9-19(16-18)20-10-1-4-13-23(20)27-24-14-5-2-11-21(24)22-12-3-6-15-25(22)27/h1-17,26H. The van der Waals surface area contributed by atoms with Crippen molar-refractivity contribution >= 4 is 28.0 Å². The third-order valence-electron chi connectivity index (χ3n) is 5.09. The van der Waals surface area contributed by atoms with Crippen LogP contribution in [0.15, 0.2) is 97.1 Å². The van der Waals surface area contributed by atoms with Gasteiger partial charge in [-0.3, -0.25) is 0 Å². The third-order valence-corrected chi connectivity index (χ3v) is 5.09. The normalized spacial score (nSPS) is 11.1. The van der Waals surface area contributed by atoms with Gasteiger partial charge in [-0.2, -0.15) is 0 Å². The Morgan fingerprint density at radius 1 is 0.630 bits per heavy atom. The largest absolute Gasteiger partial charge is 0.309 e.